The fourth-order valence-electron chi connectivity index (χ4n) is 3.93. The Morgan fingerprint density at radius 2 is 1.60 bits per heavy atom. The van der Waals surface area contributed by atoms with E-state index in [4.69, 9.17) is 19.9 Å². The number of carbonyl (C=O) groups excluding carboxylic acids is 4. The van der Waals surface area contributed by atoms with Crippen molar-refractivity contribution in [3.8, 4) is 0 Å². The number of hydrogen-bond acceptors (Lipinski definition) is 10. The van der Waals surface area contributed by atoms with Gasteiger partial charge in [-0.1, -0.05) is 12.8 Å². The minimum absolute atomic E-state index is 0.0132. The van der Waals surface area contributed by atoms with Gasteiger partial charge in [-0.05, 0) is 46.1 Å². The van der Waals surface area contributed by atoms with Gasteiger partial charge in [-0.3, -0.25) is 19.2 Å². The predicted octanol–water partition coefficient (Wildman–Crippen LogP) is -1.23. The summed E-state index contributed by atoms with van der Waals surface area (Å²) in [6, 6.07) is -0.978. The highest BCUT2D eigenvalue weighted by Gasteiger charge is 2.45. The van der Waals surface area contributed by atoms with Crippen LogP contribution in [0.25, 0.3) is 0 Å². The number of unbranched alkanes of at least 4 members (excludes halogenated alkanes) is 4. The van der Waals surface area contributed by atoms with E-state index in [1.165, 1.54) is 6.92 Å². The Labute approximate surface area is 236 Å². The predicted molar refractivity (Wildman–Crippen MR) is 145 cm³/mol. The number of nitrogens with two attached hydrogens (primary N) is 1. The summed E-state index contributed by atoms with van der Waals surface area (Å²) in [5.74, 6) is -1.38. The first kappa shape index (κ1) is 35.7. The average Bonchev–Trinajstić information content (AvgIpc) is 2.88. The van der Waals surface area contributed by atoms with E-state index < -0.39 is 42.5 Å². The Hall–Kier alpha value is -2.36. The molecular formula is C26H49N5O9. The molecule has 0 spiro atoms. The van der Waals surface area contributed by atoms with Crippen LogP contribution in [0.1, 0.15) is 72.1 Å². The maximum atomic E-state index is 12.0. The smallest absolute Gasteiger partial charge is 0.231 e. The molecule has 0 bridgehead atoms. The van der Waals surface area contributed by atoms with E-state index in [0.717, 1.165) is 25.7 Å². The Balaban J connectivity index is 2.35. The Morgan fingerprint density at radius 1 is 0.900 bits per heavy atom. The molecule has 5 unspecified atom stereocenters. The van der Waals surface area contributed by atoms with Gasteiger partial charge in [-0.15, -0.1) is 0 Å². The number of carbonyl (C=O) groups is 4. The molecule has 1 aliphatic heterocycles. The molecule has 14 heteroatoms. The fourth-order valence-corrected chi connectivity index (χ4v) is 3.93. The molecule has 1 saturated heterocycles. The van der Waals surface area contributed by atoms with Crippen LogP contribution in [0.15, 0.2) is 0 Å². The maximum absolute atomic E-state index is 12.0. The van der Waals surface area contributed by atoms with Crippen molar-refractivity contribution in [2.45, 2.75) is 109 Å². The van der Waals surface area contributed by atoms with Crippen molar-refractivity contribution in [1.82, 2.24) is 21.3 Å². The molecule has 1 aliphatic rings. The Kier molecular flexibility index (Phi) is 18.3. The van der Waals surface area contributed by atoms with E-state index in [0.29, 0.717) is 32.4 Å². The summed E-state index contributed by atoms with van der Waals surface area (Å²) >= 11 is 0. The summed E-state index contributed by atoms with van der Waals surface area (Å²) in [4.78, 5) is 47.2. The zero-order valence-corrected chi connectivity index (χ0v) is 24.0. The molecule has 40 heavy (non-hydrogen) atoms. The van der Waals surface area contributed by atoms with Gasteiger partial charge in [0.1, 0.15) is 37.5 Å². The molecule has 1 rings (SSSR count). The third-order valence-corrected chi connectivity index (χ3v) is 6.11. The fraction of sp³-hybridized carbons (Fsp3) is 0.846. The molecule has 1 heterocycles. The molecule has 0 aromatic carbocycles. The summed E-state index contributed by atoms with van der Waals surface area (Å²) in [6.07, 6.45) is -0.266. The van der Waals surface area contributed by atoms with Crippen molar-refractivity contribution in [3.05, 3.63) is 0 Å². The quantitative estimate of drug-likeness (QED) is 0.0522. The van der Waals surface area contributed by atoms with Crippen LogP contribution in [-0.4, -0.2) is 104 Å². The van der Waals surface area contributed by atoms with Crippen LogP contribution >= 0.6 is 0 Å². The van der Waals surface area contributed by atoms with E-state index in [-0.39, 0.29) is 44.2 Å². The van der Waals surface area contributed by atoms with Crippen LogP contribution in [0.3, 0.4) is 0 Å². The van der Waals surface area contributed by atoms with Crippen molar-refractivity contribution in [3.63, 3.8) is 0 Å². The van der Waals surface area contributed by atoms with Crippen molar-refractivity contribution in [1.29, 1.82) is 0 Å². The van der Waals surface area contributed by atoms with Gasteiger partial charge >= 0.3 is 0 Å². The van der Waals surface area contributed by atoms with Gasteiger partial charge in [0.05, 0.1) is 6.10 Å². The SMILES string of the molecule is CC(=O)NC1C(OCCCCCCNC(=O)CC(=O)NCOC(C)C)OC(CNC(=O)CCCCN)C(O)C1O. The molecule has 8 N–H and O–H groups in total. The van der Waals surface area contributed by atoms with Gasteiger partial charge in [-0.25, -0.2) is 0 Å². The minimum atomic E-state index is -1.35. The number of rotatable bonds is 20. The lowest BCUT2D eigenvalue weighted by molar-refractivity contribution is -0.263. The van der Waals surface area contributed by atoms with Gasteiger partial charge < -0.3 is 51.4 Å². The van der Waals surface area contributed by atoms with Crippen molar-refractivity contribution in [2.75, 3.05) is 33.0 Å². The summed E-state index contributed by atoms with van der Waals surface area (Å²) in [5, 5.41) is 31.6. The molecule has 14 nitrogen and oxygen atoms in total. The second-order valence-electron chi connectivity index (χ2n) is 10.1. The average molecular weight is 576 g/mol. The standard InChI is InChI=1S/C26H49N5O9/c1-17(2)39-16-30-22(35)14-21(34)28-12-8-4-5-9-13-38-26-23(31-18(3)32)25(37)24(36)19(40-26)15-29-20(33)10-6-7-11-27/h17,19,23-26,36-37H,4-16,27H2,1-3H3,(H,28,34)(H,29,33)(H,30,35)(H,31,32). The topological polar surface area (TPSA) is 211 Å². The lowest BCUT2D eigenvalue weighted by Gasteiger charge is -2.42. The lowest BCUT2D eigenvalue weighted by Crippen LogP contribution is -2.65. The van der Waals surface area contributed by atoms with Crippen molar-refractivity contribution in [2.24, 2.45) is 5.73 Å². The normalized spacial score (nSPS) is 22.5. The van der Waals surface area contributed by atoms with E-state index in [1.54, 1.807) is 0 Å². The molecule has 232 valence electrons. The molecule has 0 aromatic rings. The number of aliphatic hydroxyl groups excluding tert-OH is 2. The second kappa shape index (κ2) is 20.5. The van der Waals surface area contributed by atoms with E-state index in [9.17, 15) is 29.4 Å². The third-order valence-electron chi connectivity index (χ3n) is 6.11. The minimum Gasteiger partial charge on any atom is -0.388 e. The maximum Gasteiger partial charge on any atom is 0.231 e. The Bertz CT molecular complexity index is 771. The Morgan fingerprint density at radius 3 is 2.27 bits per heavy atom. The highest BCUT2D eigenvalue weighted by atomic mass is 16.7. The van der Waals surface area contributed by atoms with E-state index >= 15 is 0 Å². The van der Waals surface area contributed by atoms with Gasteiger partial charge in [0, 0.05) is 33.0 Å². The summed E-state index contributed by atoms with van der Waals surface area (Å²) < 4.78 is 16.8. The molecule has 5 atom stereocenters. The van der Waals surface area contributed by atoms with Crippen LogP contribution in [0.2, 0.25) is 0 Å². The van der Waals surface area contributed by atoms with Gasteiger partial charge in [0.25, 0.3) is 0 Å². The first-order valence-corrected chi connectivity index (χ1v) is 14.1. The van der Waals surface area contributed by atoms with E-state index in [1.807, 2.05) is 13.8 Å². The second-order valence-corrected chi connectivity index (χ2v) is 10.1. The van der Waals surface area contributed by atoms with Crippen LogP contribution in [0.5, 0.6) is 0 Å². The first-order chi connectivity index (χ1) is 19.0. The van der Waals surface area contributed by atoms with E-state index in [2.05, 4.69) is 21.3 Å². The highest BCUT2D eigenvalue weighted by Crippen LogP contribution is 2.22. The number of ether oxygens (including phenoxy) is 3. The molecule has 0 saturated carbocycles. The van der Waals surface area contributed by atoms with Crippen LogP contribution in [0, 0.1) is 0 Å². The van der Waals surface area contributed by atoms with Crippen molar-refractivity contribution < 1.29 is 43.6 Å². The summed E-state index contributed by atoms with van der Waals surface area (Å²) in [7, 11) is 0. The first-order valence-electron chi connectivity index (χ1n) is 14.1. The molecule has 4 amide bonds. The van der Waals surface area contributed by atoms with Crippen LogP contribution < -0.4 is 27.0 Å². The molecular weight excluding hydrogens is 526 g/mol. The zero-order chi connectivity index (χ0) is 29.9. The monoisotopic (exact) mass is 575 g/mol. The number of amides is 4. The van der Waals surface area contributed by atoms with Crippen LogP contribution in [0.4, 0.5) is 0 Å². The van der Waals surface area contributed by atoms with Gasteiger partial charge in [-0.2, -0.15) is 0 Å². The van der Waals surface area contributed by atoms with Gasteiger partial charge in [0.15, 0.2) is 6.29 Å². The van der Waals surface area contributed by atoms with Crippen LogP contribution in [-0.2, 0) is 33.4 Å². The largest absolute Gasteiger partial charge is 0.388 e. The third kappa shape index (κ3) is 15.4. The number of hydrogen-bond donors (Lipinski definition) is 7. The number of nitrogens with one attached hydrogen (secondary N) is 4. The molecule has 0 radical (unpaired) electrons. The molecule has 0 aromatic heterocycles. The number of aliphatic hydroxyl groups is 2. The van der Waals surface area contributed by atoms with Crippen molar-refractivity contribution >= 4 is 23.6 Å². The lowest BCUT2D eigenvalue weighted by atomic mass is 9.96. The van der Waals surface area contributed by atoms with Gasteiger partial charge in [0.2, 0.25) is 23.6 Å². The highest BCUT2D eigenvalue weighted by molar-refractivity contribution is 5.96. The summed E-state index contributed by atoms with van der Waals surface area (Å²) in [6.45, 7) is 6.23. The molecule has 1 fully saturated rings. The zero-order valence-electron chi connectivity index (χ0n) is 24.0. The summed E-state index contributed by atoms with van der Waals surface area (Å²) in [5.41, 5.74) is 5.44. The molecule has 0 aliphatic carbocycles.